The average Bonchev–Trinajstić information content (AvgIpc) is 2.37. The van der Waals surface area contributed by atoms with Crippen LogP contribution in [-0.4, -0.2) is 42.9 Å². The molecule has 0 aliphatic heterocycles. The number of rotatable bonds is 6. The Hall–Kier alpha value is -1.06. The maximum atomic E-state index is 10.5. The Bertz CT molecular complexity index is 379. The number of ether oxygens (including phenoxy) is 1. The highest BCUT2D eigenvalue weighted by Gasteiger charge is 2.33. The molecule has 1 rings (SSSR count). The molecule has 0 spiro atoms. The Balaban J connectivity index is 2.89. The van der Waals surface area contributed by atoms with E-state index < -0.39 is 6.10 Å². The van der Waals surface area contributed by atoms with Gasteiger partial charge in [0.25, 0.3) is 0 Å². The van der Waals surface area contributed by atoms with Crippen molar-refractivity contribution in [3.8, 4) is 5.75 Å². The molecule has 0 amide bonds. The number of likely N-dealkylation sites (N-methyl/N-ethyl adjacent to an activating group) is 1. The summed E-state index contributed by atoms with van der Waals surface area (Å²) in [5.74, 6) is 0.841. The summed E-state index contributed by atoms with van der Waals surface area (Å²) >= 11 is 0. The Morgan fingerprint density at radius 3 is 2.44 bits per heavy atom. The van der Waals surface area contributed by atoms with E-state index >= 15 is 0 Å². The molecule has 0 radical (unpaired) electrons. The first kappa shape index (κ1) is 15.0. The molecule has 0 aromatic heterocycles. The molecule has 3 nitrogen and oxygen atoms in total. The van der Waals surface area contributed by atoms with Crippen LogP contribution in [0.2, 0.25) is 0 Å². The Morgan fingerprint density at radius 2 is 1.94 bits per heavy atom. The van der Waals surface area contributed by atoms with Crippen molar-refractivity contribution in [2.45, 2.75) is 38.3 Å². The van der Waals surface area contributed by atoms with E-state index in [0.717, 1.165) is 17.7 Å². The minimum Gasteiger partial charge on any atom is -0.496 e. The maximum absolute atomic E-state index is 10.5. The van der Waals surface area contributed by atoms with Crippen LogP contribution >= 0.6 is 0 Å². The minimum atomic E-state index is -0.422. The van der Waals surface area contributed by atoms with E-state index in [9.17, 15) is 5.11 Å². The zero-order valence-corrected chi connectivity index (χ0v) is 12.1. The quantitative estimate of drug-likeness (QED) is 0.842. The van der Waals surface area contributed by atoms with Crippen LogP contribution in [0.3, 0.4) is 0 Å². The first-order chi connectivity index (χ1) is 8.45. The van der Waals surface area contributed by atoms with E-state index in [1.54, 1.807) is 7.11 Å². The lowest BCUT2D eigenvalue weighted by molar-refractivity contribution is 0.00273. The summed E-state index contributed by atoms with van der Waals surface area (Å²) in [6.07, 6.45) is 1.08. The summed E-state index contributed by atoms with van der Waals surface area (Å²) in [6.45, 7) is 4.19. The van der Waals surface area contributed by atoms with Gasteiger partial charge in [0.2, 0.25) is 0 Å². The largest absolute Gasteiger partial charge is 0.496 e. The fourth-order valence-corrected chi connectivity index (χ4v) is 2.15. The number of methoxy groups -OCH3 is 1. The Labute approximate surface area is 110 Å². The van der Waals surface area contributed by atoms with E-state index in [4.69, 9.17) is 4.74 Å². The van der Waals surface area contributed by atoms with Gasteiger partial charge in [-0.05, 0) is 39.1 Å². The predicted molar refractivity (Wildman–Crippen MR) is 75.1 cm³/mol. The van der Waals surface area contributed by atoms with Crippen LogP contribution in [0.1, 0.15) is 25.8 Å². The molecule has 1 aromatic carbocycles. The summed E-state index contributed by atoms with van der Waals surface area (Å²) in [5, 5.41) is 10.5. The topological polar surface area (TPSA) is 32.7 Å². The van der Waals surface area contributed by atoms with Gasteiger partial charge in [0.15, 0.2) is 0 Å². The van der Waals surface area contributed by atoms with Crippen molar-refractivity contribution in [2.24, 2.45) is 0 Å². The van der Waals surface area contributed by atoms with E-state index in [0.29, 0.717) is 6.42 Å². The molecule has 0 aliphatic rings. The minimum absolute atomic E-state index is 0.221. The molecule has 0 saturated carbocycles. The van der Waals surface area contributed by atoms with Gasteiger partial charge in [-0.2, -0.15) is 0 Å². The Morgan fingerprint density at radius 1 is 1.33 bits per heavy atom. The standard InChI is InChI=1S/C15H25NO2/c1-6-15(2,16(3)4)14(17)11-12-9-7-8-10-13(12)18-5/h7-10,14,17H,6,11H2,1-5H3. The van der Waals surface area contributed by atoms with E-state index in [2.05, 4.69) is 18.7 Å². The van der Waals surface area contributed by atoms with E-state index in [-0.39, 0.29) is 5.54 Å². The monoisotopic (exact) mass is 251 g/mol. The number of nitrogens with zero attached hydrogens (tertiary/aromatic N) is 1. The summed E-state index contributed by atoms with van der Waals surface area (Å²) in [4.78, 5) is 2.09. The molecule has 1 aromatic rings. The highest BCUT2D eigenvalue weighted by Crippen LogP contribution is 2.27. The molecule has 2 unspecified atom stereocenters. The number of aliphatic hydroxyl groups excluding tert-OH is 1. The van der Waals surface area contributed by atoms with E-state index in [1.165, 1.54) is 0 Å². The molecule has 2 atom stereocenters. The van der Waals surface area contributed by atoms with Crippen LogP contribution in [0.15, 0.2) is 24.3 Å². The highest BCUT2D eigenvalue weighted by atomic mass is 16.5. The van der Waals surface area contributed by atoms with Gasteiger partial charge in [0, 0.05) is 12.0 Å². The second-order valence-electron chi connectivity index (χ2n) is 5.14. The van der Waals surface area contributed by atoms with Gasteiger partial charge >= 0.3 is 0 Å². The molecule has 1 N–H and O–H groups in total. The smallest absolute Gasteiger partial charge is 0.122 e. The van der Waals surface area contributed by atoms with Gasteiger partial charge < -0.3 is 14.7 Å². The third kappa shape index (κ3) is 3.03. The zero-order chi connectivity index (χ0) is 13.8. The van der Waals surface area contributed by atoms with Crippen molar-refractivity contribution < 1.29 is 9.84 Å². The van der Waals surface area contributed by atoms with Gasteiger partial charge in [-0.25, -0.2) is 0 Å². The molecular weight excluding hydrogens is 226 g/mol. The van der Waals surface area contributed by atoms with E-state index in [1.807, 2.05) is 38.4 Å². The molecule has 0 fully saturated rings. The second kappa shape index (κ2) is 6.21. The molecule has 0 bridgehead atoms. The molecule has 0 saturated heterocycles. The maximum Gasteiger partial charge on any atom is 0.122 e. The second-order valence-corrected chi connectivity index (χ2v) is 5.14. The molecule has 3 heteroatoms. The van der Waals surface area contributed by atoms with Crippen LogP contribution in [0, 0.1) is 0 Å². The predicted octanol–water partition coefficient (Wildman–Crippen LogP) is 2.33. The van der Waals surface area contributed by atoms with Crippen LogP contribution in [0.5, 0.6) is 5.75 Å². The van der Waals surface area contributed by atoms with Crippen LogP contribution in [-0.2, 0) is 6.42 Å². The SMILES string of the molecule is CCC(C)(C(O)Cc1ccccc1OC)N(C)C. The van der Waals surface area contributed by atoms with Crippen LogP contribution in [0.4, 0.5) is 0 Å². The summed E-state index contributed by atoms with van der Waals surface area (Å²) in [5.41, 5.74) is 0.829. The fraction of sp³-hybridized carbons (Fsp3) is 0.600. The Kier molecular flexibility index (Phi) is 5.17. The molecule has 18 heavy (non-hydrogen) atoms. The first-order valence-corrected chi connectivity index (χ1v) is 6.43. The van der Waals surface area contributed by atoms with Crippen molar-refractivity contribution in [2.75, 3.05) is 21.2 Å². The van der Waals surface area contributed by atoms with Gasteiger partial charge in [0.1, 0.15) is 5.75 Å². The van der Waals surface area contributed by atoms with Crippen LogP contribution in [0.25, 0.3) is 0 Å². The third-order valence-electron chi connectivity index (χ3n) is 4.06. The molecule has 102 valence electrons. The zero-order valence-electron chi connectivity index (χ0n) is 12.1. The van der Waals surface area contributed by atoms with Crippen molar-refractivity contribution in [3.05, 3.63) is 29.8 Å². The number of hydrogen-bond donors (Lipinski definition) is 1. The van der Waals surface area contributed by atoms with Gasteiger partial charge in [-0.1, -0.05) is 25.1 Å². The summed E-state index contributed by atoms with van der Waals surface area (Å²) in [7, 11) is 5.68. The highest BCUT2D eigenvalue weighted by molar-refractivity contribution is 5.34. The molecular formula is C15H25NO2. The number of para-hydroxylation sites is 1. The van der Waals surface area contributed by atoms with Crippen LogP contribution < -0.4 is 4.74 Å². The van der Waals surface area contributed by atoms with Crippen molar-refractivity contribution in [1.82, 2.24) is 4.90 Å². The van der Waals surface area contributed by atoms with Crippen molar-refractivity contribution >= 4 is 0 Å². The fourth-order valence-electron chi connectivity index (χ4n) is 2.15. The summed E-state index contributed by atoms with van der Waals surface area (Å²) < 4.78 is 5.33. The van der Waals surface area contributed by atoms with Gasteiger partial charge in [-0.15, -0.1) is 0 Å². The normalized spacial score (nSPS) is 16.4. The average molecular weight is 251 g/mol. The van der Waals surface area contributed by atoms with Gasteiger partial charge in [-0.3, -0.25) is 0 Å². The lowest BCUT2D eigenvalue weighted by Crippen LogP contribution is -2.51. The molecule has 0 aliphatic carbocycles. The number of aliphatic hydroxyl groups is 1. The lowest BCUT2D eigenvalue weighted by Gasteiger charge is -2.40. The first-order valence-electron chi connectivity index (χ1n) is 6.43. The number of hydrogen-bond acceptors (Lipinski definition) is 3. The lowest BCUT2D eigenvalue weighted by atomic mass is 9.86. The molecule has 0 heterocycles. The summed E-state index contributed by atoms with van der Waals surface area (Å²) in [6, 6.07) is 7.86. The van der Waals surface area contributed by atoms with Gasteiger partial charge in [0.05, 0.1) is 13.2 Å². The van der Waals surface area contributed by atoms with Crippen molar-refractivity contribution in [1.29, 1.82) is 0 Å². The van der Waals surface area contributed by atoms with Crippen molar-refractivity contribution in [3.63, 3.8) is 0 Å². The third-order valence-corrected chi connectivity index (χ3v) is 4.06. The number of benzene rings is 1.